The van der Waals surface area contributed by atoms with Gasteiger partial charge in [-0.15, -0.1) is 0 Å². The molecule has 0 aliphatic carbocycles. The van der Waals surface area contributed by atoms with Gasteiger partial charge in [0.2, 0.25) is 5.91 Å². The van der Waals surface area contributed by atoms with Crippen LogP contribution in [0.4, 0.5) is 0 Å². The SMILES string of the molecule is CNC(C)=O.C[Si](C)(C)Cl. The van der Waals surface area contributed by atoms with E-state index in [1.165, 1.54) is 6.92 Å². The van der Waals surface area contributed by atoms with Crippen LogP contribution in [0.2, 0.25) is 19.6 Å². The van der Waals surface area contributed by atoms with Gasteiger partial charge in [-0.2, -0.15) is 11.1 Å². The van der Waals surface area contributed by atoms with Crippen LogP contribution < -0.4 is 5.32 Å². The molecular formula is C6H16ClNOSi. The zero-order chi connectivity index (χ0) is 8.78. The number of carbonyl (C=O) groups excluding carboxylic acids is 1. The Bertz CT molecular complexity index is 94.4. The predicted molar refractivity (Wildman–Crippen MR) is 48.9 cm³/mol. The molecule has 0 fully saturated rings. The highest BCUT2D eigenvalue weighted by atomic mass is 35.6. The fraction of sp³-hybridized carbons (Fsp3) is 0.833. The van der Waals surface area contributed by atoms with Crippen molar-refractivity contribution in [2.45, 2.75) is 26.6 Å². The van der Waals surface area contributed by atoms with Gasteiger partial charge in [0.15, 0.2) is 0 Å². The second kappa shape index (κ2) is 5.74. The maximum Gasteiger partial charge on any atom is 0.216 e. The van der Waals surface area contributed by atoms with Gasteiger partial charge in [-0.05, 0) is 0 Å². The van der Waals surface area contributed by atoms with Crippen molar-refractivity contribution in [3.05, 3.63) is 0 Å². The molecule has 0 aliphatic heterocycles. The van der Waals surface area contributed by atoms with Crippen molar-refractivity contribution < 1.29 is 4.79 Å². The van der Waals surface area contributed by atoms with Crippen molar-refractivity contribution in [1.29, 1.82) is 0 Å². The van der Waals surface area contributed by atoms with Crippen molar-refractivity contribution in [2.24, 2.45) is 0 Å². The molecule has 1 N–H and O–H groups in total. The molecule has 10 heavy (non-hydrogen) atoms. The van der Waals surface area contributed by atoms with E-state index in [4.69, 9.17) is 11.1 Å². The molecule has 62 valence electrons. The molecule has 0 bridgehead atoms. The number of hydrogen-bond acceptors (Lipinski definition) is 1. The van der Waals surface area contributed by atoms with Gasteiger partial charge in [0.05, 0.1) is 0 Å². The molecule has 0 aromatic heterocycles. The highest BCUT2D eigenvalue weighted by Crippen LogP contribution is 2.03. The van der Waals surface area contributed by atoms with Gasteiger partial charge in [0, 0.05) is 14.0 Å². The second-order valence-electron chi connectivity index (χ2n) is 2.87. The van der Waals surface area contributed by atoms with Crippen LogP contribution in [-0.4, -0.2) is 20.3 Å². The Morgan fingerprint density at radius 3 is 1.50 bits per heavy atom. The van der Waals surface area contributed by atoms with Gasteiger partial charge in [-0.3, -0.25) is 4.79 Å². The van der Waals surface area contributed by atoms with Crippen LogP contribution in [-0.2, 0) is 4.79 Å². The predicted octanol–water partition coefficient (Wildman–Crippen LogP) is 1.81. The van der Waals surface area contributed by atoms with E-state index in [2.05, 4.69) is 25.0 Å². The summed E-state index contributed by atoms with van der Waals surface area (Å²) in [5.41, 5.74) is 0. The molecule has 0 heterocycles. The number of halogens is 1. The third-order valence-electron chi connectivity index (χ3n) is 0.352. The second-order valence-corrected chi connectivity index (χ2v) is 10.4. The summed E-state index contributed by atoms with van der Waals surface area (Å²) in [5.74, 6) is 0.00463. The lowest BCUT2D eigenvalue weighted by atomic mass is 10.7. The Morgan fingerprint density at radius 2 is 1.50 bits per heavy atom. The summed E-state index contributed by atoms with van der Waals surface area (Å²) < 4.78 is 0. The van der Waals surface area contributed by atoms with E-state index >= 15 is 0 Å². The summed E-state index contributed by atoms with van der Waals surface area (Å²) in [5, 5.41) is 2.39. The van der Waals surface area contributed by atoms with Crippen LogP contribution >= 0.6 is 11.1 Å². The Morgan fingerprint density at radius 1 is 1.40 bits per heavy atom. The van der Waals surface area contributed by atoms with Crippen molar-refractivity contribution in [3.8, 4) is 0 Å². The van der Waals surface area contributed by atoms with Crippen LogP contribution in [0.1, 0.15) is 6.92 Å². The van der Waals surface area contributed by atoms with Crippen molar-refractivity contribution in [3.63, 3.8) is 0 Å². The van der Waals surface area contributed by atoms with Gasteiger partial charge in [0.25, 0.3) is 0 Å². The standard InChI is InChI=1S/C3H9ClSi.C3H7NO/c1-5(2,3)4;1-3(5)4-2/h1-3H3;1-2H3,(H,4,5). The molecule has 0 spiro atoms. The molecule has 0 radical (unpaired) electrons. The number of hydrogen-bond donors (Lipinski definition) is 1. The molecule has 0 atom stereocenters. The highest BCUT2D eigenvalue weighted by molar-refractivity contribution is 7.18. The molecule has 0 aromatic carbocycles. The van der Waals surface area contributed by atoms with E-state index in [9.17, 15) is 4.79 Å². The molecule has 0 unspecified atom stereocenters. The Kier molecular flexibility index (Phi) is 7.25. The van der Waals surface area contributed by atoms with Gasteiger partial charge in [0.1, 0.15) is 7.38 Å². The first-order chi connectivity index (χ1) is 4.27. The summed E-state index contributed by atoms with van der Waals surface area (Å²) in [7, 11) is 0.461. The minimum absolute atomic E-state index is 0.00463. The molecular weight excluding hydrogens is 166 g/mol. The highest BCUT2D eigenvalue weighted by Gasteiger charge is 2.04. The van der Waals surface area contributed by atoms with E-state index in [1.807, 2.05) is 0 Å². The normalized spacial score (nSPS) is 9.40. The lowest BCUT2D eigenvalue weighted by molar-refractivity contribution is -0.118. The maximum absolute atomic E-state index is 9.70. The first-order valence-electron chi connectivity index (χ1n) is 3.14. The first kappa shape index (κ1) is 12.6. The van der Waals surface area contributed by atoms with E-state index in [-0.39, 0.29) is 5.91 Å². The number of amides is 1. The van der Waals surface area contributed by atoms with Crippen LogP contribution in [0.15, 0.2) is 0 Å². The van der Waals surface area contributed by atoms with Crippen LogP contribution in [0, 0.1) is 0 Å². The monoisotopic (exact) mass is 181 g/mol. The summed E-state index contributed by atoms with van der Waals surface area (Å²) in [6.07, 6.45) is 0. The smallest absolute Gasteiger partial charge is 0.216 e. The minimum atomic E-state index is -1.14. The first-order valence-corrected chi connectivity index (χ1v) is 7.65. The van der Waals surface area contributed by atoms with E-state index < -0.39 is 7.38 Å². The van der Waals surface area contributed by atoms with Gasteiger partial charge < -0.3 is 5.32 Å². The zero-order valence-electron chi connectivity index (χ0n) is 7.29. The van der Waals surface area contributed by atoms with E-state index in [0.29, 0.717) is 0 Å². The van der Waals surface area contributed by atoms with Crippen LogP contribution in [0.3, 0.4) is 0 Å². The van der Waals surface area contributed by atoms with Crippen molar-refractivity contribution in [1.82, 2.24) is 5.32 Å². The number of carbonyl (C=O) groups is 1. The quantitative estimate of drug-likeness (QED) is 0.448. The van der Waals surface area contributed by atoms with Gasteiger partial charge in [-0.1, -0.05) is 19.6 Å². The van der Waals surface area contributed by atoms with Crippen molar-refractivity contribution >= 4 is 24.4 Å². The fourth-order valence-electron chi connectivity index (χ4n) is 0. The molecule has 4 heteroatoms. The average molecular weight is 182 g/mol. The topological polar surface area (TPSA) is 29.1 Å². The van der Waals surface area contributed by atoms with E-state index in [0.717, 1.165) is 0 Å². The fourth-order valence-corrected chi connectivity index (χ4v) is 0. The lowest BCUT2D eigenvalue weighted by Gasteiger charge is -1.97. The molecule has 0 saturated heterocycles. The number of nitrogens with one attached hydrogen (secondary N) is 1. The molecule has 0 aromatic rings. The summed E-state index contributed by atoms with van der Waals surface area (Å²) in [6.45, 7) is 7.75. The molecule has 2 nitrogen and oxygen atoms in total. The largest absolute Gasteiger partial charge is 0.359 e. The molecule has 0 rings (SSSR count). The maximum atomic E-state index is 9.70. The summed E-state index contributed by atoms with van der Waals surface area (Å²) >= 11 is 5.67. The van der Waals surface area contributed by atoms with Gasteiger partial charge >= 0.3 is 0 Å². The average Bonchev–Trinajstić information content (AvgIpc) is 1.61. The van der Waals surface area contributed by atoms with Crippen LogP contribution in [0.5, 0.6) is 0 Å². The molecule has 1 amide bonds. The third kappa shape index (κ3) is 99.4. The Labute approximate surface area is 68.7 Å². The van der Waals surface area contributed by atoms with Crippen molar-refractivity contribution in [2.75, 3.05) is 7.05 Å². The summed E-state index contributed by atoms with van der Waals surface area (Å²) in [6, 6.07) is 0. The zero-order valence-corrected chi connectivity index (χ0v) is 9.04. The Hall–Kier alpha value is -0.0231. The number of rotatable bonds is 0. The Balaban J connectivity index is 0. The summed E-state index contributed by atoms with van der Waals surface area (Å²) in [4.78, 5) is 9.70. The van der Waals surface area contributed by atoms with Gasteiger partial charge in [-0.25, -0.2) is 0 Å². The third-order valence-corrected chi connectivity index (χ3v) is 0.352. The van der Waals surface area contributed by atoms with Crippen LogP contribution in [0.25, 0.3) is 0 Å². The lowest BCUT2D eigenvalue weighted by Crippen LogP contribution is -2.11. The molecule has 0 aliphatic rings. The van der Waals surface area contributed by atoms with E-state index in [1.54, 1.807) is 7.05 Å². The molecule has 0 saturated carbocycles. The minimum Gasteiger partial charge on any atom is -0.359 e.